The zero-order valence-corrected chi connectivity index (χ0v) is 10.3. The molecule has 0 bridgehead atoms. The Morgan fingerprint density at radius 1 is 1.25 bits per heavy atom. The van der Waals surface area contributed by atoms with Crippen LogP contribution in [0.3, 0.4) is 0 Å². The number of ether oxygens (including phenoxy) is 1. The lowest BCUT2D eigenvalue weighted by molar-refractivity contribution is -0.119. The highest BCUT2D eigenvalue weighted by atomic mass is 16.5. The Kier molecular flexibility index (Phi) is 4.07. The molecule has 0 saturated heterocycles. The van der Waals surface area contributed by atoms with Crippen LogP contribution in [-0.4, -0.2) is 19.6 Å². The molecule has 0 spiro atoms. The lowest BCUT2D eigenvalue weighted by Gasteiger charge is -2.19. The van der Waals surface area contributed by atoms with Gasteiger partial charge in [0.2, 0.25) is 5.91 Å². The van der Waals surface area contributed by atoms with Gasteiger partial charge in [-0.15, -0.1) is 0 Å². The van der Waals surface area contributed by atoms with E-state index in [1.807, 2.05) is 24.3 Å². The van der Waals surface area contributed by atoms with Crippen LogP contribution in [0.5, 0.6) is 0 Å². The fourth-order valence-corrected chi connectivity index (χ4v) is 1.38. The first-order chi connectivity index (χ1) is 7.43. The summed E-state index contributed by atoms with van der Waals surface area (Å²) in [6, 6.07) is 7.88. The summed E-state index contributed by atoms with van der Waals surface area (Å²) in [6.45, 7) is 6.56. The fourth-order valence-electron chi connectivity index (χ4n) is 1.38. The number of hydrogen-bond donors (Lipinski definition) is 1. The molecule has 3 nitrogen and oxygen atoms in total. The van der Waals surface area contributed by atoms with E-state index < -0.39 is 0 Å². The summed E-state index contributed by atoms with van der Waals surface area (Å²) in [5.74, 6) is -0.133. The predicted molar refractivity (Wildman–Crippen MR) is 65.6 cm³/mol. The number of anilines is 1. The van der Waals surface area contributed by atoms with E-state index in [0.29, 0.717) is 0 Å². The van der Waals surface area contributed by atoms with Crippen LogP contribution in [0.4, 0.5) is 5.69 Å². The van der Waals surface area contributed by atoms with Crippen LogP contribution in [0.15, 0.2) is 24.3 Å². The van der Waals surface area contributed by atoms with E-state index in [1.165, 1.54) is 12.7 Å². The van der Waals surface area contributed by atoms with Crippen LogP contribution in [0, 0.1) is 0 Å². The standard InChI is InChI=1S/C13H19NO2/c1-13(2,3)10-5-7-11(8-6-10)14-12(15)9-16-4/h5-8H,9H2,1-4H3,(H,14,15). The molecule has 1 amide bonds. The van der Waals surface area contributed by atoms with E-state index in [2.05, 4.69) is 26.1 Å². The van der Waals surface area contributed by atoms with E-state index in [4.69, 9.17) is 4.74 Å². The number of hydrogen-bond acceptors (Lipinski definition) is 2. The lowest BCUT2D eigenvalue weighted by atomic mass is 9.87. The summed E-state index contributed by atoms with van der Waals surface area (Å²) < 4.78 is 4.74. The molecule has 0 aromatic heterocycles. The maximum atomic E-state index is 11.3. The molecule has 0 fully saturated rings. The summed E-state index contributed by atoms with van der Waals surface area (Å²) in [6.07, 6.45) is 0. The first kappa shape index (κ1) is 12.7. The number of methoxy groups -OCH3 is 1. The van der Waals surface area contributed by atoms with Gasteiger partial charge in [0.15, 0.2) is 0 Å². The van der Waals surface area contributed by atoms with Crippen molar-refractivity contribution in [1.82, 2.24) is 0 Å². The molecule has 0 radical (unpaired) electrons. The molecular weight excluding hydrogens is 202 g/mol. The van der Waals surface area contributed by atoms with Crippen LogP contribution >= 0.6 is 0 Å². The molecule has 1 aromatic carbocycles. The molecule has 0 saturated carbocycles. The minimum atomic E-state index is -0.133. The van der Waals surface area contributed by atoms with Crippen molar-refractivity contribution in [1.29, 1.82) is 0 Å². The van der Waals surface area contributed by atoms with Gasteiger partial charge in [0.25, 0.3) is 0 Å². The predicted octanol–water partition coefficient (Wildman–Crippen LogP) is 2.57. The smallest absolute Gasteiger partial charge is 0.250 e. The third kappa shape index (κ3) is 3.66. The Morgan fingerprint density at radius 2 is 1.81 bits per heavy atom. The van der Waals surface area contributed by atoms with E-state index in [-0.39, 0.29) is 17.9 Å². The number of rotatable bonds is 3. The molecule has 88 valence electrons. The fraction of sp³-hybridized carbons (Fsp3) is 0.462. The minimum absolute atomic E-state index is 0.0843. The van der Waals surface area contributed by atoms with E-state index in [1.54, 1.807) is 0 Å². The molecular formula is C13H19NO2. The number of amides is 1. The second kappa shape index (κ2) is 5.12. The van der Waals surface area contributed by atoms with Crippen LogP contribution in [0.2, 0.25) is 0 Å². The van der Waals surface area contributed by atoms with E-state index >= 15 is 0 Å². The third-order valence-electron chi connectivity index (χ3n) is 2.31. The van der Waals surface area contributed by atoms with Crippen LogP contribution < -0.4 is 5.32 Å². The first-order valence-corrected chi connectivity index (χ1v) is 5.33. The van der Waals surface area contributed by atoms with Gasteiger partial charge < -0.3 is 10.1 Å². The normalized spacial score (nSPS) is 11.2. The number of carbonyl (C=O) groups is 1. The average molecular weight is 221 g/mol. The number of carbonyl (C=O) groups excluding carboxylic acids is 1. The zero-order chi connectivity index (χ0) is 12.2. The number of benzene rings is 1. The lowest BCUT2D eigenvalue weighted by Crippen LogP contribution is -2.17. The maximum Gasteiger partial charge on any atom is 0.250 e. The summed E-state index contributed by atoms with van der Waals surface area (Å²) in [4.78, 5) is 11.3. The third-order valence-corrected chi connectivity index (χ3v) is 2.31. The van der Waals surface area contributed by atoms with Gasteiger partial charge in [-0.2, -0.15) is 0 Å². The van der Waals surface area contributed by atoms with Crippen molar-refractivity contribution in [2.24, 2.45) is 0 Å². The number of nitrogens with one attached hydrogen (secondary N) is 1. The SMILES string of the molecule is COCC(=O)Nc1ccc(C(C)(C)C)cc1. The van der Waals surface area contributed by atoms with Gasteiger partial charge >= 0.3 is 0 Å². The second-order valence-corrected chi connectivity index (χ2v) is 4.81. The molecule has 0 aliphatic heterocycles. The molecule has 3 heteroatoms. The van der Waals surface area contributed by atoms with Gasteiger partial charge in [0, 0.05) is 12.8 Å². The van der Waals surface area contributed by atoms with Crippen molar-refractivity contribution < 1.29 is 9.53 Å². The summed E-state index contributed by atoms with van der Waals surface area (Å²) >= 11 is 0. The Balaban J connectivity index is 2.69. The molecule has 0 aliphatic rings. The minimum Gasteiger partial charge on any atom is -0.375 e. The highest BCUT2D eigenvalue weighted by Crippen LogP contribution is 2.23. The highest BCUT2D eigenvalue weighted by Gasteiger charge is 2.12. The topological polar surface area (TPSA) is 38.3 Å². The van der Waals surface area contributed by atoms with Gasteiger partial charge in [-0.25, -0.2) is 0 Å². The van der Waals surface area contributed by atoms with Crippen molar-refractivity contribution in [2.45, 2.75) is 26.2 Å². The van der Waals surface area contributed by atoms with Gasteiger partial charge in [0.1, 0.15) is 6.61 Å². The monoisotopic (exact) mass is 221 g/mol. The Labute approximate surface area is 96.8 Å². The van der Waals surface area contributed by atoms with E-state index in [0.717, 1.165) is 5.69 Å². The van der Waals surface area contributed by atoms with Gasteiger partial charge in [-0.1, -0.05) is 32.9 Å². The van der Waals surface area contributed by atoms with Crippen molar-refractivity contribution >= 4 is 11.6 Å². The second-order valence-electron chi connectivity index (χ2n) is 4.81. The Bertz CT molecular complexity index is 349. The van der Waals surface area contributed by atoms with E-state index in [9.17, 15) is 4.79 Å². The Morgan fingerprint density at radius 3 is 2.25 bits per heavy atom. The molecule has 16 heavy (non-hydrogen) atoms. The largest absolute Gasteiger partial charge is 0.375 e. The summed E-state index contributed by atoms with van der Waals surface area (Å²) in [7, 11) is 1.50. The Hall–Kier alpha value is -1.35. The molecule has 0 unspecified atom stereocenters. The zero-order valence-electron chi connectivity index (χ0n) is 10.3. The van der Waals surface area contributed by atoms with Crippen molar-refractivity contribution in [2.75, 3.05) is 19.0 Å². The van der Waals surface area contributed by atoms with Crippen molar-refractivity contribution in [3.8, 4) is 0 Å². The molecule has 1 aromatic rings. The molecule has 1 N–H and O–H groups in total. The maximum absolute atomic E-state index is 11.3. The highest BCUT2D eigenvalue weighted by molar-refractivity contribution is 5.91. The van der Waals surface area contributed by atoms with Gasteiger partial charge in [0.05, 0.1) is 0 Å². The molecule has 1 rings (SSSR count). The molecule has 0 atom stereocenters. The van der Waals surface area contributed by atoms with Crippen LogP contribution in [0.25, 0.3) is 0 Å². The summed E-state index contributed by atoms with van der Waals surface area (Å²) in [5, 5.41) is 2.76. The van der Waals surface area contributed by atoms with Gasteiger partial charge in [-0.05, 0) is 23.1 Å². The van der Waals surface area contributed by atoms with Crippen LogP contribution in [-0.2, 0) is 14.9 Å². The first-order valence-electron chi connectivity index (χ1n) is 5.33. The average Bonchev–Trinajstić information content (AvgIpc) is 2.17. The van der Waals surface area contributed by atoms with Gasteiger partial charge in [-0.3, -0.25) is 4.79 Å². The molecule has 0 heterocycles. The quantitative estimate of drug-likeness (QED) is 0.852. The molecule has 0 aliphatic carbocycles. The van der Waals surface area contributed by atoms with Crippen molar-refractivity contribution in [3.63, 3.8) is 0 Å². The van der Waals surface area contributed by atoms with Crippen LogP contribution in [0.1, 0.15) is 26.3 Å². The van der Waals surface area contributed by atoms with Crippen molar-refractivity contribution in [3.05, 3.63) is 29.8 Å². The summed E-state index contributed by atoms with van der Waals surface area (Å²) in [5.41, 5.74) is 2.18.